The van der Waals surface area contributed by atoms with E-state index in [1.165, 1.54) is 30.6 Å². The van der Waals surface area contributed by atoms with Crippen LogP contribution in [0.3, 0.4) is 0 Å². The molecule has 8 heteroatoms. The molecule has 100 valence electrons. The third kappa shape index (κ3) is 2.69. The highest BCUT2D eigenvalue weighted by Gasteiger charge is 2.16. The molecule has 7 nitrogen and oxygen atoms in total. The lowest BCUT2D eigenvalue weighted by atomic mass is 10.2. The van der Waals surface area contributed by atoms with Gasteiger partial charge >= 0.3 is 0 Å². The van der Waals surface area contributed by atoms with Crippen LogP contribution in [0.15, 0.2) is 18.2 Å². The van der Waals surface area contributed by atoms with E-state index in [0.29, 0.717) is 21.3 Å². The average Bonchev–Trinajstić information content (AvgIpc) is 2.87. The summed E-state index contributed by atoms with van der Waals surface area (Å²) in [6.45, 7) is 1.82. The average molecular weight is 280 g/mol. The second-order valence-electron chi connectivity index (χ2n) is 3.88. The Morgan fingerprint density at radius 2 is 2.21 bits per heavy atom. The molecule has 2 N–H and O–H groups in total. The highest BCUT2D eigenvalue weighted by atomic mass is 32.1. The Hall–Kier alpha value is -2.06. The summed E-state index contributed by atoms with van der Waals surface area (Å²) in [5.74, 6) is 0.390. The van der Waals surface area contributed by atoms with E-state index < -0.39 is 4.92 Å². The number of hydrogen-bond acceptors (Lipinski definition) is 7. The molecule has 0 aliphatic carbocycles. The van der Waals surface area contributed by atoms with Gasteiger partial charge in [0, 0.05) is 6.07 Å². The molecular formula is C11H12N4O3S. The Labute approximate surface area is 113 Å². The number of nitrogens with two attached hydrogens (primary N) is 1. The molecule has 0 radical (unpaired) electrons. The van der Waals surface area contributed by atoms with E-state index in [0.717, 1.165) is 0 Å². The Bertz CT molecular complexity index is 612. The molecule has 0 saturated carbocycles. The fraction of sp³-hybridized carbons (Fsp3) is 0.273. The van der Waals surface area contributed by atoms with Crippen LogP contribution in [0.2, 0.25) is 0 Å². The predicted octanol–water partition coefficient (Wildman–Crippen LogP) is 2.14. The van der Waals surface area contributed by atoms with Gasteiger partial charge in [0.25, 0.3) is 5.69 Å². The minimum absolute atomic E-state index is 0.0301. The zero-order valence-corrected chi connectivity index (χ0v) is 11.2. The van der Waals surface area contributed by atoms with Crippen molar-refractivity contribution in [2.45, 2.75) is 13.0 Å². The van der Waals surface area contributed by atoms with Crippen LogP contribution in [0.4, 0.5) is 5.69 Å². The zero-order valence-electron chi connectivity index (χ0n) is 10.4. The van der Waals surface area contributed by atoms with Crippen molar-refractivity contribution >= 4 is 17.0 Å². The highest BCUT2D eigenvalue weighted by Crippen LogP contribution is 2.35. The molecule has 1 heterocycles. The smallest absolute Gasteiger partial charge is 0.273 e. The maximum atomic E-state index is 10.7. The van der Waals surface area contributed by atoms with Crippen LogP contribution in [0.1, 0.15) is 18.0 Å². The third-order valence-electron chi connectivity index (χ3n) is 2.46. The number of hydrogen-bond donors (Lipinski definition) is 1. The van der Waals surface area contributed by atoms with Gasteiger partial charge < -0.3 is 10.5 Å². The van der Waals surface area contributed by atoms with Gasteiger partial charge in [-0.25, -0.2) is 0 Å². The van der Waals surface area contributed by atoms with Crippen molar-refractivity contribution in [3.8, 4) is 16.3 Å². The van der Waals surface area contributed by atoms with E-state index in [-0.39, 0.29) is 11.7 Å². The summed E-state index contributed by atoms with van der Waals surface area (Å²) in [5, 5.41) is 20.1. The number of ether oxygens (including phenoxy) is 1. The Kier molecular flexibility index (Phi) is 3.72. The van der Waals surface area contributed by atoms with Crippen molar-refractivity contribution in [3.05, 3.63) is 33.3 Å². The van der Waals surface area contributed by atoms with Crippen molar-refractivity contribution in [3.63, 3.8) is 0 Å². The number of nitrogens with zero attached hydrogens (tertiary/aromatic N) is 3. The van der Waals surface area contributed by atoms with E-state index in [1.54, 1.807) is 6.07 Å². The largest absolute Gasteiger partial charge is 0.496 e. The molecule has 2 rings (SSSR count). The first-order chi connectivity index (χ1) is 9.02. The number of benzene rings is 1. The van der Waals surface area contributed by atoms with E-state index in [2.05, 4.69) is 10.2 Å². The number of methoxy groups -OCH3 is 1. The summed E-state index contributed by atoms with van der Waals surface area (Å²) in [7, 11) is 1.45. The van der Waals surface area contributed by atoms with Crippen LogP contribution >= 0.6 is 11.3 Å². The Morgan fingerprint density at radius 3 is 2.74 bits per heavy atom. The predicted molar refractivity (Wildman–Crippen MR) is 71.2 cm³/mol. The zero-order chi connectivity index (χ0) is 14.0. The van der Waals surface area contributed by atoms with Gasteiger partial charge in [0.15, 0.2) is 5.01 Å². The molecule has 19 heavy (non-hydrogen) atoms. The SMILES string of the molecule is COc1cc([N+](=O)[O-])ccc1-c1nnc(C(C)N)s1. The summed E-state index contributed by atoms with van der Waals surface area (Å²) < 4.78 is 5.16. The number of nitro benzene ring substituents is 1. The van der Waals surface area contributed by atoms with Gasteiger partial charge in [0.2, 0.25) is 0 Å². The van der Waals surface area contributed by atoms with Gasteiger partial charge in [0.1, 0.15) is 10.8 Å². The number of rotatable bonds is 4. The molecule has 1 aromatic carbocycles. The van der Waals surface area contributed by atoms with Crippen molar-refractivity contribution in [2.75, 3.05) is 7.11 Å². The Morgan fingerprint density at radius 1 is 1.47 bits per heavy atom. The number of aromatic nitrogens is 2. The third-order valence-corrected chi connectivity index (χ3v) is 3.61. The summed E-state index contributed by atoms with van der Waals surface area (Å²) in [5.41, 5.74) is 6.36. The second kappa shape index (κ2) is 5.29. The first-order valence-corrected chi connectivity index (χ1v) is 6.26. The molecule has 1 aromatic heterocycles. The van der Waals surface area contributed by atoms with Crippen LogP contribution in [-0.4, -0.2) is 22.2 Å². The lowest BCUT2D eigenvalue weighted by molar-refractivity contribution is -0.384. The quantitative estimate of drug-likeness (QED) is 0.679. The second-order valence-corrected chi connectivity index (χ2v) is 4.88. The number of nitro groups is 1. The van der Waals surface area contributed by atoms with Crippen molar-refractivity contribution in [1.82, 2.24) is 10.2 Å². The fourth-order valence-electron chi connectivity index (χ4n) is 1.50. The molecule has 2 aromatic rings. The molecule has 0 spiro atoms. The highest BCUT2D eigenvalue weighted by molar-refractivity contribution is 7.14. The monoisotopic (exact) mass is 280 g/mol. The van der Waals surface area contributed by atoms with Crippen LogP contribution in [0, 0.1) is 10.1 Å². The molecule has 1 unspecified atom stereocenters. The standard InChI is InChI=1S/C11H12N4O3S/c1-6(12)10-13-14-11(19-10)8-4-3-7(15(16)17)5-9(8)18-2/h3-6H,12H2,1-2H3. The lowest BCUT2D eigenvalue weighted by Crippen LogP contribution is -2.03. The van der Waals surface area contributed by atoms with Crippen LogP contribution in [0.25, 0.3) is 10.6 Å². The summed E-state index contributed by atoms with van der Waals surface area (Å²) in [6, 6.07) is 4.17. The van der Waals surface area contributed by atoms with Gasteiger partial charge in [-0.3, -0.25) is 10.1 Å². The van der Waals surface area contributed by atoms with Crippen LogP contribution in [-0.2, 0) is 0 Å². The minimum Gasteiger partial charge on any atom is -0.496 e. The minimum atomic E-state index is -0.472. The van der Waals surface area contributed by atoms with E-state index in [9.17, 15) is 10.1 Å². The van der Waals surface area contributed by atoms with E-state index in [1.807, 2.05) is 6.92 Å². The van der Waals surface area contributed by atoms with E-state index in [4.69, 9.17) is 10.5 Å². The van der Waals surface area contributed by atoms with Gasteiger partial charge in [0.05, 0.1) is 29.7 Å². The molecule has 0 fully saturated rings. The molecular weight excluding hydrogens is 268 g/mol. The maximum absolute atomic E-state index is 10.7. The van der Waals surface area contributed by atoms with Crippen LogP contribution < -0.4 is 10.5 Å². The lowest BCUT2D eigenvalue weighted by Gasteiger charge is -2.04. The van der Waals surface area contributed by atoms with Gasteiger partial charge in [-0.15, -0.1) is 10.2 Å². The normalized spacial score (nSPS) is 12.2. The van der Waals surface area contributed by atoms with Crippen LogP contribution in [0.5, 0.6) is 5.75 Å². The summed E-state index contributed by atoms with van der Waals surface area (Å²) >= 11 is 1.34. The van der Waals surface area contributed by atoms with Crippen molar-refractivity contribution in [1.29, 1.82) is 0 Å². The maximum Gasteiger partial charge on any atom is 0.273 e. The molecule has 0 saturated heterocycles. The summed E-state index contributed by atoms with van der Waals surface area (Å²) in [6.07, 6.45) is 0. The number of non-ortho nitro benzene ring substituents is 1. The molecule has 0 aliphatic rings. The van der Waals surface area contributed by atoms with Gasteiger partial charge in [-0.05, 0) is 13.0 Å². The van der Waals surface area contributed by atoms with Crippen molar-refractivity contribution < 1.29 is 9.66 Å². The van der Waals surface area contributed by atoms with Gasteiger partial charge in [-0.1, -0.05) is 11.3 Å². The molecule has 0 bridgehead atoms. The summed E-state index contributed by atoms with van der Waals surface area (Å²) in [4.78, 5) is 10.2. The topological polar surface area (TPSA) is 104 Å². The van der Waals surface area contributed by atoms with E-state index >= 15 is 0 Å². The Balaban J connectivity index is 2.46. The molecule has 0 amide bonds. The molecule has 0 aliphatic heterocycles. The fourth-order valence-corrected chi connectivity index (χ4v) is 2.32. The first kappa shape index (κ1) is 13.4. The van der Waals surface area contributed by atoms with Crippen molar-refractivity contribution in [2.24, 2.45) is 5.73 Å². The molecule has 1 atom stereocenters. The first-order valence-electron chi connectivity index (χ1n) is 5.44. The van der Waals surface area contributed by atoms with Gasteiger partial charge in [-0.2, -0.15) is 0 Å².